The van der Waals surface area contributed by atoms with Crippen LogP contribution in [-0.4, -0.2) is 15.2 Å². The number of benzene rings is 1. The summed E-state index contributed by atoms with van der Waals surface area (Å²) in [7, 11) is -0.266. The summed E-state index contributed by atoms with van der Waals surface area (Å²) < 4.78 is 0. The fourth-order valence-corrected chi connectivity index (χ4v) is 2.21. The first-order valence-electron chi connectivity index (χ1n) is 4.37. The Hall–Kier alpha value is -0.603. The van der Waals surface area contributed by atoms with Crippen LogP contribution in [0.4, 0.5) is 0 Å². The molecule has 0 heterocycles. The summed E-state index contributed by atoms with van der Waals surface area (Å²) in [6.07, 6.45) is 0. The van der Waals surface area contributed by atoms with E-state index in [2.05, 4.69) is 56.1 Å². The van der Waals surface area contributed by atoms with Crippen molar-refractivity contribution in [2.24, 2.45) is 0 Å². The second kappa shape index (κ2) is 3.87. The van der Waals surface area contributed by atoms with Crippen molar-refractivity contribution in [1.82, 2.24) is 4.98 Å². The van der Waals surface area contributed by atoms with Crippen molar-refractivity contribution < 1.29 is 0 Å². The number of rotatable bonds is 2. The summed E-state index contributed by atoms with van der Waals surface area (Å²) in [6.45, 7) is 6.63. The maximum Gasteiger partial charge on any atom is 0.125 e. The Labute approximate surface area is 77.1 Å². The molecule has 1 aromatic rings. The van der Waals surface area contributed by atoms with Gasteiger partial charge in [-0.2, -0.15) is 0 Å². The van der Waals surface area contributed by atoms with Crippen LogP contribution >= 0.6 is 0 Å². The average Bonchev–Trinajstić information content (AvgIpc) is 2.02. The molecule has 0 spiro atoms. The lowest BCUT2D eigenvalue weighted by Crippen LogP contribution is -2.43. The molecule has 0 aromatic heterocycles. The molecule has 0 amide bonds. The van der Waals surface area contributed by atoms with Crippen LogP contribution in [-0.2, 0) is 0 Å². The van der Waals surface area contributed by atoms with Gasteiger partial charge < -0.3 is 4.98 Å². The summed E-state index contributed by atoms with van der Waals surface area (Å²) in [5.74, 6) is 0. The van der Waals surface area contributed by atoms with Crippen LogP contribution in [0.1, 0.15) is 20.8 Å². The van der Waals surface area contributed by atoms with Gasteiger partial charge in [0.05, 0.1) is 0 Å². The van der Waals surface area contributed by atoms with Gasteiger partial charge in [0.25, 0.3) is 0 Å². The lowest BCUT2D eigenvalue weighted by molar-refractivity contribution is 0.525. The van der Waals surface area contributed by atoms with Crippen molar-refractivity contribution in [2.75, 3.05) is 0 Å². The quantitative estimate of drug-likeness (QED) is 0.662. The first kappa shape index (κ1) is 9.48. The molecule has 1 N–H and O–H groups in total. The van der Waals surface area contributed by atoms with Gasteiger partial charge in [-0.25, -0.2) is 0 Å². The van der Waals surface area contributed by atoms with E-state index in [-0.39, 0.29) is 15.2 Å². The molecule has 0 saturated heterocycles. The predicted octanol–water partition coefficient (Wildman–Crippen LogP) is 0.784. The van der Waals surface area contributed by atoms with E-state index in [0.717, 1.165) is 0 Å². The molecule has 0 unspecified atom stereocenters. The SMILES string of the molecule is CC(C)(C)N[SiH2]c1ccccc1. The normalized spacial score (nSPS) is 12.6. The molecule has 0 aliphatic heterocycles. The Morgan fingerprint density at radius 1 is 1.08 bits per heavy atom. The van der Waals surface area contributed by atoms with E-state index in [9.17, 15) is 0 Å². The van der Waals surface area contributed by atoms with E-state index in [1.165, 1.54) is 5.19 Å². The van der Waals surface area contributed by atoms with Gasteiger partial charge in [-0.15, -0.1) is 0 Å². The van der Waals surface area contributed by atoms with E-state index in [0.29, 0.717) is 0 Å². The van der Waals surface area contributed by atoms with Crippen LogP contribution < -0.4 is 10.2 Å². The van der Waals surface area contributed by atoms with Crippen LogP contribution in [0, 0.1) is 0 Å². The van der Waals surface area contributed by atoms with Crippen LogP contribution in [0.2, 0.25) is 0 Å². The first-order valence-corrected chi connectivity index (χ1v) is 5.78. The molecule has 66 valence electrons. The summed E-state index contributed by atoms with van der Waals surface area (Å²) in [4.78, 5) is 3.58. The van der Waals surface area contributed by atoms with Crippen molar-refractivity contribution >= 4 is 14.9 Å². The van der Waals surface area contributed by atoms with Crippen molar-refractivity contribution in [3.05, 3.63) is 30.3 Å². The lowest BCUT2D eigenvalue weighted by Gasteiger charge is -2.20. The topological polar surface area (TPSA) is 12.0 Å². The van der Waals surface area contributed by atoms with Crippen molar-refractivity contribution in [3.63, 3.8) is 0 Å². The number of hydrogen-bond acceptors (Lipinski definition) is 1. The van der Waals surface area contributed by atoms with Gasteiger partial charge in [-0.05, 0) is 20.8 Å². The summed E-state index contributed by atoms with van der Waals surface area (Å²) >= 11 is 0. The smallest absolute Gasteiger partial charge is 0.125 e. The molecule has 1 nitrogen and oxygen atoms in total. The Kier molecular flexibility index (Phi) is 3.06. The molecule has 1 rings (SSSR count). The van der Waals surface area contributed by atoms with Gasteiger partial charge in [-0.1, -0.05) is 35.5 Å². The highest BCUT2D eigenvalue weighted by atomic mass is 28.2. The fraction of sp³-hybridized carbons (Fsp3) is 0.400. The monoisotopic (exact) mass is 179 g/mol. The molecule has 2 heteroatoms. The minimum Gasteiger partial charge on any atom is -0.334 e. The number of nitrogens with one attached hydrogen (secondary N) is 1. The van der Waals surface area contributed by atoms with Crippen LogP contribution in [0.3, 0.4) is 0 Å². The van der Waals surface area contributed by atoms with Gasteiger partial charge in [0.15, 0.2) is 0 Å². The van der Waals surface area contributed by atoms with Gasteiger partial charge >= 0.3 is 0 Å². The highest BCUT2D eigenvalue weighted by Gasteiger charge is 2.07. The van der Waals surface area contributed by atoms with E-state index in [1.54, 1.807) is 0 Å². The van der Waals surface area contributed by atoms with Crippen LogP contribution in [0.25, 0.3) is 0 Å². The van der Waals surface area contributed by atoms with Crippen molar-refractivity contribution in [3.8, 4) is 0 Å². The van der Waals surface area contributed by atoms with E-state index < -0.39 is 0 Å². The minimum absolute atomic E-state index is 0.266. The minimum atomic E-state index is -0.266. The highest BCUT2D eigenvalue weighted by molar-refractivity contribution is 6.50. The Balaban J connectivity index is 2.44. The molecule has 12 heavy (non-hydrogen) atoms. The third kappa shape index (κ3) is 3.69. The maximum absolute atomic E-state index is 3.58. The van der Waals surface area contributed by atoms with Gasteiger partial charge in [-0.3, -0.25) is 0 Å². The van der Waals surface area contributed by atoms with Gasteiger partial charge in [0.1, 0.15) is 9.68 Å². The first-order chi connectivity index (χ1) is 5.58. The fourth-order valence-electron chi connectivity index (χ4n) is 0.963. The summed E-state index contributed by atoms with van der Waals surface area (Å²) in [5, 5.41) is 1.48. The van der Waals surface area contributed by atoms with Gasteiger partial charge in [0, 0.05) is 5.54 Å². The third-order valence-corrected chi connectivity index (χ3v) is 3.78. The zero-order valence-electron chi connectivity index (χ0n) is 8.09. The van der Waals surface area contributed by atoms with Gasteiger partial charge in [0.2, 0.25) is 0 Å². The largest absolute Gasteiger partial charge is 0.334 e. The molecular weight excluding hydrogens is 162 g/mol. The standard InChI is InChI=1S/C10H17NSi/c1-10(2,3)11-12-9-7-5-4-6-8-9/h4-8,11H,12H2,1-3H3. The molecular formula is C10H17NSi. The second-order valence-corrected chi connectivity index (χ2v) is 5.61. The Morgan fingerprint density at radius 2 is 1.67 bits per heavy atom. The average molecular weight is 179 g/mol. The Bertz CT molecular complexity index is 225. The highest BCUT2D eigenvalue weighted by Crippen LogP contribution is 1.95. The molecule has 0 atom stereocenters. The lowest BCUT2D eigenvalue weighted by atomic mass is 10.1. The molecule has 0 aliphatic rings. The molecule has 0 bridgehead atoms. The van der Waals surface area contributed by atoms with Crippen molar-refractivity contribution in [2.45, 2.75) is 26.3 Å². The molecule has 0 radical (unpaired) electrons. The summed E-state index contributed by atoms with van der Waals surface area (Å²) in [5.41, 5.74) is 0.266. The predicted molar refractivity (Wildman–Crippen MR) is 57.5 cm³/mol. The Morgan fingerprint density at radius 3 is 2.17 bits per heavy atom. The number of hydrogen-bond donors (Lipinski definition) is 1. The zero-order chi connectivity index (χ0) is 9.03. The zero-order valence-corrected chi connectivity index (χ0v) is 9.51. The van der Waals surface area contributed by atoms with E-state index in [1.807, 2.05) is 0 Å². The van der Waals surface area contributed by atoms with E-state index in [4.69, 9.17) is 0 Å². The van der Waals surface area contributed by atoms with Crippen LogP contribution in [0.5, 0.6) is 0 Å². The molecule has 0 aliphatic carbocycles. The summed E-state index contributed by atoms with van der Waals surface area (Å²) in [6, 6.07) is 10.7. The van der Waals surface area contributed by atoms with Crippen LogP contribution in [0.15, 0.2) is 30.3 Å². The van der Waals surface area contributed by atoms with E-state index >= 15 is 0 Å². The molecule has 0 fully saturated rings. The van der Waals surface area contributed by atoms with Crippen molar-refractivity contribution in [1.29, 1.82) is 0 Å². The second-order valence-electron chi connectivity index (χ2n) is 4.09. The third-order valence-electron chi connectivity index (χ3n) is 1.67. The molecule has 0 saturated carbocycles. The molecule has 1 aromatic carbocycles. The maximum atomic E-state index is 3.58.